The molecule has 1 aromatic heterocycles. The Bertz CT molecular complexity index is 605. The fraction of sp³-hybridized carbons (Fsp3) is 0.818. The maximum absolute atomic E-state index is 13.1. The maximum atomic E-state index is 13.1. The third-order valence-electron chi connectivity index (χ3n) is 6.74. The zero-order chi connectivity index (χ0) is 18.5. The van der Waals surface area contributed by atoms with Gasteiger partial charge in [-0.1, -0.05) is 25.7 Å². The van der Waals surface area contributed by atoms with Gasteiger partial charge < -0.3 is 4.74 Å². The van der Waals surface area contributed by atoms with E-state index in [1.807, 2.05) is 0 Å². The molecule has 1 aromatic rings. The van der Waals surface area contributed by atoms with Gasteiger partial charge in [-0.05, 0) is 51.0 Å². The number of ether oxygens (including phenoxy) is 1. The normalized spacial score (nSPS) is 26.3. The number of rotatable bonds is 6. The Hall–Kier alpha value is -0.780. The van der Waals surface area contributed by atoms with Crippen molar-refractivity contribution in [2.75, 3.05) is 26.3 Å². The number of hydrogen-bond acceptors (Lipinski definition) is 5. The average Bonchev–Trinajstić information content (AvgIpc) is 3.18. The minimum atomic E-state index is 0.114. The van der Waals surface area contributed by atoms with Gasteiger partial charge >= 0.3 is 0 Å². The van der Waals surface area contributed by atoms with Crippen molar-refractivity contribution < 1.29 is 9.53 Å². The topological polar surface area (TPSA) is 42.4 Å². The van der Waals surface area contributed by atoms with Gasteiger partial charge in [0.2, 0.25) is 0 Å². The van der Waals surface area contributed by atoms with Crippen LogP contribution in [0.1, 0.15) is 80.8 Å². The first kappa shape index (κ1) is 19.5. The molecule has 3 fully saturated rings. The number of thiazole rings is 1. The molecule has 0 bridgehead atoms. The molecule has 0 N–H and O–H groups in total. The van der Waals surface area contributed by atoms with Crippen molar-refractivity contribution in [2.24, 2.45) is 5.92 Å². The second-order valence-electron chi connectivity index (χ2n) is 8.71. The standard InChI is InChI=1S/C22H34N2O2S/c25-21(14-22-23-19(16-27-22)18-6-2-1-3-7-18)20-8-4-5-11-24(20)15-17-9-12-26-13-10-17/h16-18,20H,1-15H2/t20-/m0/s1. The van der Waals surface area contributed by atoms with Crippen LogP contribution < -0.4 is 0 Å². The lowest BCUT2D eigenvalue weighted by Gasteiger charge is -2.37. The highest BCUT2D eigenvalue weighted by Gasteiger charge is 2.31. The number of ketones is 1. The molecule has 2 saturated heterocycles. The third-order valence-corrected chi connectivity index (χ3v) is 7.60. The van der Waals surface area contributed by atoms with Gasteiger partial charge in [0.25, 0.3) is 0 Å². The summed E-state index contributed by atoms with van der Waals surface area (Å²) in [5, 5.41) is 3.26. The summed E-state index contributed by atoms with van der Waals surface area (Å²) < 4.78 is 5.50. The van der Waals surface area contributed by atoms with E-state index in [-0.39, 0.29) is 6.04 Å². The van der Waals surface area contributed by atoms with E-state index in [9.17, 15) is 4.79 Å². The van der Waals surface area contributed by atoms with Crippen molar-refractivity contribution in [3.05, 3.63) is 16.1 Å². The molecule has 1 aliphatic carbocycles. The van der Waals surface area contributed by atoms with Gasteiger partial charge in [0.05, 0.1) is 18.2 Å². The Morgan fingerprint density at radius 1 is 1.07 bits per heavy atom. The Labute approximate surface area is 167 Å². The summed E-state index contributed by atoms with van der Waals surface area (Å²) in [6.07, 6.45) is 12.9. The van der Waals surface area contributed by atoms with E-state index in [1.54, 1.807) is 11.3 Å². The number of carbonyl (C=O) groups excluding carboxylic acids is 1. The highest BCUT2D eigenvalue weighted by Crippen LogP contribution is 2.33. The molecule has 150 valence electrons. The van der Waals surface area contributed by atoms with Crippen LogP contribution in [0.15, 0.2) is 5.38 Å². The van der Waals surface area contributed by atoms with Crippen LogP contribution in [-0.4, -0.2) is 48.0 Å². The van der Waals surface area contributed by atoms with Gasteiger partial charge in [0, 0.05) is 31.1 Å². The summed E-state index contributed by atoms with van der Waals surface area (Å²) in [6.45, 7) is 3.93. The molecule has 1 atom stereocenters. The number of carbonyl (C=O) groups is 1. The van der Waals surface area contributed by atoms with E-state index < -0.39 is 0 Å². The molecule has 0 amide bonds. The van der Waals surface area contributed by atoms with Gasteiger partial charge in [-0.15, -0.1) is 11.3 Å². The van der Waals surface area contributed by atoms with Crippen LogP contribution in [0.2, 0.25) is 0 Å². The summed E-state index contributed by atoms with van der Waals surface area (Å²) in [4.78, 5) is 20.5. The molecule has 27 heavy (non-hydrogen) atoms. The Morgan fingerprint density at radius 2 is 1.85 bits per heavy atom. The largest absolute Gasteiger partial charge is 0.381 e. The number of nitrogens with zero attached hydrogens (tertiary/aromatic N) is 2. The lowest BCUT2D eigenvalue weighted by atomic mass is 9.87. The first-order valence-electron chi connectivity index (χ1n) is 11.1. The Balaban J connectivity index is 1.34. The third kappa shape index (κ3) is 5.18. The molecule has 0 spiro atoms. The second-order valence-corrected chi connectivity index (χ2v) is 9.65. The van der Waals surface area contributed by atoms with Gasteiger partial charge in [0.15, 0.2) is 5.78 Å². The molecular weight excluding hydrogens is 356 g/mol. The zero-order valence-corrected chi connectivity index (χ0v) is 17.4. The van der Waals surface area contributed by atoms with Crippen molar-refractivity contribution in [1.29, 1.82) is 0 Å². The van der Waals surface area contributed by atoms with E-state index in [2.05, 4.69) is 10.3 Å². The van der Waals surface area contributed by atoms with Crippen molar-refractivity contribution in [3.63, 3.8) is 0 Å². The quantitative estimate of drug-likeness (QED) is 0.713. The highest BCUT2D eigenvalue weighted by atomic mass is 32.1. The maximum Gasteiger partial charge on any atom is 0.156 e. The molecule has 0 unspecified atom stereocenters. The summed E-state index contributed by atoms with van der Waals surface area (Å²) in [6, 6.07) is 0.114. The van der Waals surface area contributed by atoms with E-state index in [0.29, 0.717) is 24.0 Å². The highest BCUT2D eigenvalue weighted by molar-refractivity contribution is 7.09. The molecule has 0 aromatic carbocycles. The molecule has 1 saturated carbocycles. The molecule has 5 heteroatoms. The minimum absolute atomic E-state index is 0.114. The number of piperidine rings is 1. The van der Waals surface area contributed by atoms with Crippen LogP contribution in [0.25, 0.3) is 0 Å². The molecule has 0 radical (unpaired) electrons. The summed E-state index contributed by atoms with van der Waals surface area (Å²) in [5.74, 6) is 1.73. The van der Waals surface area contributed by atoms with Crippen LogP contribution in [-0.2, 0) is 16.0 Å². The smallest absolute Gasteiger partial charge is 0.156 e. The molecule has 3 aliphatic rings. The molecule has 4 rings (SSSR count). The first-order valence-corrected chi connectivity index (χ1v) is 12.0. The van der Waals surface area contributed by atoms with Crippen LogP contribution in [0.4, 0.5) is 0 Å². The Kier molecular flexibility index (Phi) is 6.96. The number of Topliss-reactive ketones (excluding diaryl/α,β-unsaturated/α-hetero) is 1. The van der Waals surface area contributed by atoms with Crippen LogP contribution in [0, 0.1) is 5.92 Å². The van der Waals surface area contributed by atoms with E-state index in [1.165, 1.54) is 50.6 Å². The summed E-state index contributed by atoms with van der Waals surface area (Å²) in [5.41, 5.74) is 1.25. The monoisotopic (exact) mass is 390 g/mol. The van der Waals surface area contributed by atoms with Gasteiger partial charge in [0.1, 0.15) is 5.01 Å². The van der Waals surface area contributed by atoms with Crippen LogP contribution >= 0.6 is 11.3 Å². The fourth-order valence-corrected chi connectivity index (χ4v) is 5.98. The second kappa shape index (κ2) is 9.62. The molecular formula is C22H34N2O2S. The SMILES string of the molecule is O=C(Cc1nc(C2CCCCC2)cs1)[C@@H]1CCCCN1CC1CCOCC1. The van der Waals surface area contributed by atoms with Crippen molar-refractivity contribution in [1.82, 2.24) is 9.88 Å². The Morgan fingerprint density at radius 3 is 2.67 bits per heavy atom. The molecule has 4 nitrogen and oxygen atoms in total. The molecule has 3 heterocycles. The number of aromatic nitrogens is 1. The lowest BCUT2D eigenvalue weighted by Crippen LogP contribution is -2.47. The minimum Gasteiger partial charge on any atom is -0.381 e. The molecule has 2 aliphatic heterocycles. The summed E-state index contributed by atoms with van der Waals surface area (Å²) in [7, 11) is 0. The van der Waals surface area contributed by atoms with Gasteiger partial charge in [-0.2, -0.15) is 0 Å². The predicted molar refractivity (Wildman–Crippen MR) is 109 cm³/mol. The van der Waals surface area contributed by atoms with E-state index in [4.69, 9.17) is 9.72 Å². The van der Waals surface area contributed by atoms with Gasteiger partial charge in [-0.3, -0.25) is 9.69 Å². The van der Waals surface area contributed by atoms with Crippen LogP contribution in [0.5, 0.6) is 0 Å². The van der Waals surface area contributed by atoms with Crippen molar-refractivity contribution in [3.8, 4) is 0 Å². The summed E-state index contributed by atoms with van der Waals surface area (Å²) >= 11 is 1.71. The average molecular weight is 391 g/mol. The fourth-order valence-electron chi connectivity index (χ4n) is 5.09. The van der Waals surface area contributed by atoms with Crippen molar-refractivity contribution >= 4 is 17.1 Å². The predicted octanol–water partition coefficient (Wildman–Crippen LogP) is 4.58. The number of hydrogen-bond donors (Lipinski definition) is 0. The van der Waals surface area contributed by atoms with Gasteiger partial charge in [-0.25, -0.2) is 4.98 Å². The van der Waals surface area contributed by atoms with E-state index in [0.717, 1.165) is 50.6 Å². The lowest BCUT2D eigenvalue weighted by molar-refractivity contribution is -0.125. The first-order chi connectivity index (χ1) is 13.3. The number of likely N-dealkylation sites (tertiary alicyclic amines) is 1. The van der Waals surface area contributed by atoms with Crippen LogP contribution in [0.3, 0.4) is 0 Å². The zero-order valence-electron chi connectivity index (χ0n) is 16.5. The van der Waals surface area contributed by atoms with E-state index >= 15 is 0 Å². The van der Waals surface area contributed by atoms with Crippen molar-refractivity contribution in [2.45, 2.75) is 82.6 Å².